The van der Waals surface area contributed by atoms with Gasteiger partial charge in [-0.25, -0.2) is 4.79 Å². The maximum atomic E-state index is 12.4. The second-order valence-electron chi connectivity index (χ2n) is 6.04. The lowest BCUT2D eigenvalue weighted by Gasteiger charge is -2.14. The second kappa shape index (κ2) is 9.72. The number of nitrogens with one attached hydrogen (secondary N) is 1. The van der Waals surface area contributed by atoms with E-state index in [4.69, 9.17) is 9.84 Å². The molecular weight excluding hydrogens is 424 g/mol. The van der Waals surface area contributed by atoms with Crippen LogP contribution in [0.15, 0.2) is 52.5 Å². The SMILES string of the molecule is CC[C@H](C)Oc1ccc(/C=C(/C#N)C(=O)Nc2cccc(C(=O)O)c2)cc1Br. The van der Waals surface area contributed by atoms with Crippen LogP contribution in [0, 0.1) is 11.3 Å². The summed E-state index contributed by atoms with van der Waals surface area (Å²) in [7, 11) is 0. The smallest absolute Gasteiger partial charge is 0.335 e. The summed E-state index contributed by atoms with van der Waals surface area (Å²) in [5.74, 6) is -1.04. The number of ether oxygens (including phenoxy) is 1. The molecule has 28 heavy (non-hydrogen) atoms. The number of hydrogen-bond donors (Lipinski definition) is 2. The summed E-state index contributed by atoms with van der Waals surface area (Å²) in [6, 6.07) is 13.0. The van der Waals surface area contributed by atoms with E-state index in [9.17, 15) is 14.9 Å². The molecule has 0 aliphatic carbocycles. The lowest BCUT2D eigenvalue weighted by Crippen LogP contribution is -2.14. The van der Waals surface area contributed by atoms with Crippen LogP contribution in [0.5, 0.6) is 5.75 Å². The lowest BCUT2D eigenvalue weighted by atomic mass is 10.1. The van der Waals surface area contributed by atoms with E-state index < -0.39 is 11.9 Å². The van der Waals surface area contributed by atoms with Crippen LogP contribution in [0.4, 0.5) is 5.69 Å². The van der Waals surface area contributed by atoms with Crippen molar-refractivity contribution >= 4 is 39.6 Å². The minimum absolute atomic E-state index is 0.0427. The predicted molar refractivity (Wildman–Crippen MR) is 110 cm³/mol. The zero-order chi connectivity index (χ0) is 20.7. The fourth-order valence-electron chi connectivity index (χ4n) is 2.25. The Labute approximate surface area is 171 Å². The molecule has 7 heteroatoms. The molecule has 0 saturated heterocycles. The van der Waals surface area contributed by atoms with Gasteiger partial charge in [0.15, 0.2) is 0 Å². The summed E-state index contributed by atoms with van der Waals surface area (Å²) in [4.78, 5) is 23.4. The second-order valence-corrected chi connectivity index (χ2v) is 6.89. The van der Waals surface area contributed by atoms with Gasteiger partial charge in [0.2, 0.25) is 0 Å². The lowest BCUT2D eigenvalue weighted by molar-refractivity contribution is -0.112. The average Bonchev–Trinajstić information content (AvgIpc) is 2.67. The number of hydrogen-bond acceptors (Lipinski definition) is 4. The summed E-state index contributed by atoms with van der Waals surface area (Å²) < 4.78 is 6.49. The predicted octanol–water partition coefficient (Wildman–Crippen LogP) is 4.87. The van der Waals surface area contributed by atoms with E-state index >= 15 is 0 Å². The number of nitrogens with zero attached hydrogens (tertiary/aromatic N) is 1. The number of halogens is 1. The van der Waals surface area contributed by atoms with Crippen LogP contribution >= 0.6 is 15.9 Å². The third-order valence-electron chi connectivity index (χ3n) is 3.90. The van der Waals surface area contributed by atoms with Gasteiger partial charge in [-0.2, -0.15) is 5.26 Å². The summed E-state index contributed by atoms with van der Waals surface area (Å²) in [5, 5.41) is 20.9. The fourth-order valence-corrected chi connectivity index (χ4v) is 2.74. The monoisotopic (exact) mass is 442 g/mol. The first-order chi connectivity index (χ1) is 13.3. The standard InChI is InChI=1S/C21H19BrN2O4/c1-3-13(2)28-19-8-7-14(10-18(19)22)9-16(12-23)20(25)24-17-6-4-5-15(11-17)21(26)27/h4-11,13H,3H2,1-2H3,(H,24,25)(H,26,27)/b16-9-/t13-/m0/s1. The maximum absolute atomic E-state index is 12.4. The highest BCUT2D eigenvalue weighted by molar-refractivity contribution is 9.10. The van der Waals surface area contributed by atoms with Crippen LogP contribution in [0.1, 0.15) is 36.2 Å². The van der Waals surface area contributed by atoms with Gasteiger partial charge in [-0.1, -0.05) is 19.1 Å². The van der Waals surface area contributed by atoms with Gasteiger partial charge in [0, 0.05) is 5.69 Å². The van der Waals surface area contributed by atoms with Crippen molar-refractivity contribution in [3.63, 3.8) is 0 Å². The van der Waals surface area contributed by atoms with E-state index in [0.29, 0.717) is 21.5 Å². The molecule has 2 N–H and O–H groups in total. The largest absolute Gasteiger partial charge is 0.490 e. The molecule has 0 bridgehead atoms. The Hall–Kier alpha value is -3.11. The van der Waals surface area contributed by atoms with Crippen LogP contribution in [-0.2, 0) is 4.79 Å². The molecule has 0 saturated carbocycles. The molecule has 0 radical (unpaired) electrons. The van der Waals surface area contributed by atoms with Crippen LogP contribution < -0.4 is 10.1 Å². The number of carbonyl (C=O) groups excluding carboxylic acids is 1. The highest BCUT2D eigenvalue weighted by Gasteiger charge is 2.12. The molecule has 0 aliphatic rings. The number of benzene rings is 2. The van der Waals surface area contributed by atoms with Gasteiger partial charge in [0.05, 0.1) is 16.1 Å². The fraction of sp³-hybridized carbons (Fsp3) is 0.190. The van der Waals surface area contributed by atoms with E-state index in [1.165, 1.54) is 24.3 Å². The average molecular weight is 443 g/mol. The van der Waals surface area contributed by atoms with Gasteiger partial charge in [-0.05, 0) is 71.2 Å². The van der Waals surface area contributed by atoms with Crippen molar-refractivity contribution in [2.24, 2.45) is 0 Å². The molecule has 0 aliphatic heterocycles. The van der Waals surface area contributed by atoms with E-state index in [0.717, 1.165) is 6.42 Å². The Morgan fingerprint density at radius 2 is 2.07 bits per heavy atom. The molecule has 1 atom stereocenters. The van der Waals surface area contributed by atoms with E-state index in [1.54, 1.807) is 24.3 Å². The van der Waals surface area contributed by atoms with Gasteiger partial charge in [0.25, 0.3) is 5.91 Å². The minimum Gasteiger partial charge on any atom is -0.490 e. The summed E-state index contributed by atoms with van der Waals surface area (Å²) in [6.07, 6.45) is 2.39. The molecule has 144 valence electrons. The number of carboxylic acid groups (broad SMARTS) is 1. The molecule has 0 heterocycles. The highest BCUT2D eigenvalue weighted by atomic mass is 79.9. The number of nitriles is 1. The Kier molecular flexibility index (Phi) is 7.36. The van der Waals surface area contributed by atoms with E-state index in [2.05, 4.69) is 21.2 Å². The molecule has 0 spiro atoms. The van der Waals surface area contributed by atoms with Gasteiger partial charge >= 0.3 is 5.97 Å². The van der Waals surface area contributed by atoms with Crippen molar-refractivity contribution < 1.29 is 19.4 Å². The molecule has 6 nitrogen and oxygen atoms in total. The normalized spacial score (nSPS) is 12.0. The molecule has 2 aromatic carbocycles. The number of carboxylic acids is 1. The zero-order valence-electron chi connectivity index (χ0n) is 15.4. The number of amides is 1. The first-order valence-corrected chi connectivity index (χ1v) is 9.36. The van der Waals surface area contributed by atoms with Gasteiger partial charge in [-0.15, -0.1) is 0 Å². The van der Waals surface area contributed by atoms with E-state index in [1.807, 2.05) is 19.9 Å². The van der Waals surface area contributed by atoms with Crippen LogP contribution in [0.2, 0.25) is 0 Å². The first-order valence-electron chi connectivity index (χ1n) is 8.56. The van der Waals surface area contributed by atoms with Gasteiger partial charge < -0.3 is 15.2 Å². The molecule has 2 rings (SSSR count). The van der Waals surface area contributed by atoms with Crippen molar-refractivity contribution in [3.05, 3.63) is 63.6 Å². The first kappa shape index (κ1) is 21.2. The summed E-state index contributed by atoms with van der Waals surface area (Å²) in [6.45, 7) is 4.00. The van der Waals surface area contributed by atoms with Crippen LogP contribution in [0.3, 0.4) is 0 Å². The topological polar surface area (TPSA) is 99.4 Å². The Balaban J connectivity index is 2.20. The maximum Gasteiger partial charge on any atom is 0.335 e. The Morgan fingerprint density at radius 1 is 1.32 bits per heavy atom. The summed E-state index contributed by atoms with van der Waals surface area (Å²) in [5.41, 5.74) is 0.878. The van der Waals surface area contributed by atoms with E-state index in [-0.39, 0.29) is 17.2 Å². The minimum atomic E-state index is -1.10. The molecule has 0 unspecified atom stereocenters. The van der Waals surface area contributed by atoms with Crippen molar-refractivity contribution in [2.45, 2.75) is 26.4 Å². The highest BCUT2D eigenvalue weighted by Crippen LogP contribution is 2.28. The molecule has 0 aromatic heterocycles. The molecular formula is C21H19BrN2O4. The van der Waals surface area contributed by atoms with Crippen LogP contribution in [0.25, 0.3) is 6.08 Å². The van der Waals surface area contributed by atoms with Crippen molar-refractivity contribution in [2.75, 3.05) is 5.32 Å². The summed E-state index contributed by atoms with van der Waals surface area (Å²) >= 11 is 3.44. The van der Waals surface area contributed by atoms with Gasteiger partial charge in [0.1, 0.15) is 17.4 Å². The Morgan fingerprint density at radius 3 is 2.68 bits per heavy atom. The van der Waals surface area contributed by atoms with Crippen molar-refractivity contribution in [1.82, 2.24) is 0 Å². The third kappa shape index (κ3) is 5.69. The molecule has 2 aromatic rings. The number of rotatable bonds is 7. The molecule has 1 amide bonds. The third-order valence-corrected chi connectivity index (χ3v) is 4.52. The number of carbonyl (C=O) groups is 2. The van der Waals surface area contributed by atoms with Crippen LogP contribution in [-0.4, -0.2) is 23.1 Å². The van der Waals surface area contributed by atoms with Crippen molar-refractivity contribution in [3.8, 4) is 11.8 Å². The van der Waals surface area contributed by atoms with Crippen molar-refractivity contribution in [1.29, 1.82) is 5.26 Å². The number of aromatic carboxylic acids is 1. The Bertz CT molecular complexity index is 963. The van der Waals surface area contributed by atoms with Gasteiger partial charge in [-0.3, -0.25) is 4.79 Å². The molecule has 0 fully saturated rings. The quantitative estimate of drug-likeness (QED) is 0.470. The number of anilines is 1. The zero-order valence-corrected chi connectivity index (χ0v) is 17.0.